The van der Waals surface area contributed by atoms with Crippen LogP contribution in [0.25, 0.3) is 0 Å². The second kappa shape index (κ2) is 12.8. The van der Waals surface area contributed by atoms with E-state index in [1.165, 1.54) is 12.5 Å². The second-order valence-electron chi connectivity index (χ2n) is 8.39. The molecule has 1 aromatic heterocycles. The standard InChI is InChI=1S/C20H34N6O6/c1-10(2)5-13(21)17(28)24-14(6-12-7-22-9-23-12)18(29)26-16(11(3)4)19(30)25-15(8-27)20(31)32/h7,9-11,13-16,27H,5-6,8,21H2,1-4H3,(H,22,23)(H,24,28)(H,25,30)(H,26,29)(H,31,32). The Morgan fingerprint density at radius 3 is 2.12 bits per heavy atom. The fraction of sp³-hybridized carbons (Fsp3) is 0.650. The summed E-state index contributed by atoms with van der Waals surface area (Å²) in [7, 11) is 0. The van der Waals surface area contributed by atoms with Gasteiger partial charge >= 0.3 is 5.97 Å². The molecule has 0 bridgehead atoms. The number of aromatic nitrogens is 2. The van der Waals surface area contributed by atoms with E-state index >= 15 is 0 Å². The predicted molar refractivity (Wildman–Crippen MR) is 115 cm³/mol. The Hall–Kier alpha value is -2.99. The van der Waals surface area contributed by atoms with Gasteiger partial charge in [0.15, 0.2) is 0 Å². The molecule has 0 radical (unpaired) electrons. The lowest BCUT2D eigenvalue weighted by molar-refractivity contribution is -0.143. The number of carbonyl (C=O) groups is 4. The Bertz CT molecular complexity index is 767. The van der Waals surface area contributed by atoms with Crippen LogP contribution in [0.5, 0.6) is 0 Å². The van der Waals surface area contributed by atoms with Crippen LogP contribution in [0.3, 0.4) is 0 Å². The largest absolute Gasteiger partial charge is 0.480 e. The van der Waals surface area contributed by atoms with Crippen LogP contribution in [0, 0.1) is 11.8 Å². The molecule has 1 heterocycles. The number of imidazole rings is 1. The highest BCUT2D eigenvalue weighted by molar-refractivity contribution is 5.94. The van der Waals surface area contributed by atoms with E-state index in [1.54, 1.807) is 13.8 Å². The number of carboxylic acid groups (broad SMARTS) is 1. The minimum absolute atomic E-state index is 0.0762. The van der Waals surface area contributed by atoms with Gasteiger partial charge in [0.05, 0.1) is 19.0 Å². The van der Waals surface area contributed by atoms with Crippen LogP contribution in [0.2, 0.25) is 0 Å². The molecule has 0 aromatic carbocycles. The first-order chi connectivity index (χ1) is 15.0. The highest BCUT2D eigenvalue weighted by Crippen LogP contribution is 2.07. The summed E-state index contributed by atoms with van der Waals surface area (Å²) in [6.07, 6.45) is 3.44. The summed E-state index contributed by atoms with van der Waals surface area (Å²) in [5.41, 5.74) is 6.51. The predicted octanol–water partition coefficient (Wildman–Crippen LogP) is -1.49. The Balaban J connectivity index is 2.98. The zero-order chi connectivity index (χ0) is 24.4. The minimum atomic E-state index is -1.50. The molecule has 0 aliphatic heterocycles. The van der Waals surface area contributed by atoms with Crippen LogP contribution in [-0.4, -0.2) is 74.6 Å². The maximum absolute atomic E-state index is 13.0. The SMILES string of the molecule is CC(C)CC(N)C(=O)NC(Cc1cnc[nH]1)C(=O)NC(C(=O)NC(CO)C(=O)O)C(C)C. The molecule has 3 amide bonds. The summed E-state index contributed by atoms with van der Waals surface area (Å²) >= 11 is 0. The quantitative estimate of drug-likeness (QED) is 0.187. The number of carboxylic acids is 1. The molecule has 12 nitrogen and oxygen atoms in total. The van der Waals surface area contributed by atoms with Gasteiger partial charge in [-0.25, -0.2) is 9.78 Å². The van der Waals surface area contributed by atoms with Crippen LogP contribution >= 0.6 is 0 Å². The monoisotopic (exact) mass is 454 g/mol. The lowest BCUT2D eigenvalue weighted by Gasteiger charge is -2.27. The Kier molecular flexibility index (Phi) is 10.8. The number of nitrogens with one attached hydrogen (secondary N) is 4. The normalized spacial score (nSPS) is 15.0. The first-order valence-corrected chi connectivity index (χ1v) is 10.4. The number of nitrogens with zero attached hydrogens (tertiary/aromatic N) is 1. The van der Waals surface area contributed by atoms with Crippen LogP contribution in [0.15, 0.2) is 12.5 Å². The van der Waals surface area contributed by atoms with Crippen molar-refractivity contribution in [1.29, 1.82) is 0 Å². The fourth-order valence-corrected chi connectivity index (χ4v) is 2.95. The Morgan fingerprint density at radius 1 is 1.03 bits per heavy atom. The van der Waals surface area contributed by atoms with Crippen molar-refractivity contribution < 1.29 is 29.4 Å². The third-order valence-electron chi connectivity index (χ3n) is 4.72. The number of nitrogens with two attached hydrogens (primary N) is 1. The molecule has 0 saturated carbocycles. The summed E-state index contributed by atoms with van der Waals surface area (Å²) in [6.45, 7) is 6.38. The molecule has 32 heavy (non-hydrogen) atoms. The van der Waals surface area contributed by atoms with Gasteiger partial charge in [0.1, 0.15) is 18.1 Å². The number of H-pyrrole nitrogens is 1. The lowest BCUT2D eigenvalue weighted by Crippen LogP contribution is -2.59. The maximum atomic E-state index is 13.0. The number of carbonyl (C=O) groups excluding carboxylic acids is 3. The first kappa shape index (κ1) is 27.0. The number of aliphatic carboxylic acids is 1. The van der Waals surface area contributed by atoms with E-state index < -0.39 is 60.4 Å². The van der Waals surface area contributed by atoms with E-state index in [2.05, 4.69) is 25.9 Å². The Morgan fingerprint density at radius 2 is 1.66 bits per heavy atom. The van der Waals surface area contributed by atoms with E-state index in [4.69, 9.17) is 15.9 Å². The molecule has 180 valence electrons. The molecule has 4 unspecified atom stereocenters. The number of aromatic amines is 1. The average Bonchev–Trinajstić information content (AvgIpc) is 3.21. The first-order valence-electron chi connectivity index (χ1n) is 10.4. The van der Waals surface area contributed by atoms with Gasteiger partial charge < -0.3 is 36.9 Å². The smallest absolute Gasteiger partial charge is 0.328 e. The molecular weight excluding hydrogens is 420 g/mol. The fourth-order valence-electron chi connectivity index (χ4n) is 2.95. The van der Waals surface area contributed by atoms with E-state index in [1.807, 2.05) is 13.8 Å². The molecule has 1 aromatic rings. The van der Waals surface area contributed by atoms with Gasteiger partial charge in [-0.15, -0.1) is 0 Å². The average molecular weight is 455 g/mol. The van der Waals surface area contributed by atoms with Crippen molar-refractivity contribution in [2.24, 2.45) is 17.6 Å². The van der Waals surface area contributed by atoms with Crippen molar-refractivity contribution in [3.8, 4) is 0 Å². The molecule has 8 N–H and O–H groups in total. The minimum Gasteiger partial charge on any atom is -0.480 e. The Labute approximate surface area is 186 Å². The van der Waals surface area contributed by atoms with Crippen molar-refractivity contribution in [2.45, 2.75) is 64.7 Å². The van der Waals surface area contributed by atoms with Gasteiger partial charge in [0.25, 0.3) is 0 Å². The highest BCUT2D eigenvalue weighted by atomic mass is 16.4. The summed E-state index contributed by atoms with van der Waals surface area (Å²) < 4.78 is 0. The van der Waals surface area contributed by atoms with Gasteiger partial charge in [-0.05, 0) is 18.3 Å². The number of aliphatic hydroxyl groups is 1. The summed E-state index contributed by atoms with van der Waals surface area (Å²) in [5.74, 6) is -3.54. The third-order valence-corrected chi connectivity index (χ3v) is 4.72. The molecule has 12 heteroatoms. The van der Waals surface area contributed by atoms with Crippen molar-refractivity contribution in [3.63, 3.8) is 0 Å². The zero-order valence-electron chi connectivity index (χ0n) is 18.8. The summed E-state index contributed by atoms with van der Waals surface area (Å²) in [4.78, 5) is 55.9. The van der Waals surface area contributed by atoms with E-state index in [-0.39, 0.29) is 12.3 Å². The van der Waals surface area contributed by atoms with Crippen LogP contribution in [0.4, 0.5) is 0 Å². The van der Waals surface area contributed by atoms with Crippen molar-refractivity contribution in [1.82, 2.24) is 25.9 Å². The zero-order valence-corrected chi connectivity index (χ0v) is 18.8. The van der Waals surface area contributed by atoms with Crippen LogP contribution in [0.1, 0.15) is 39.8 Å². The second-order valence-corrected chi connectivity index (χ2v) is 8.39. The number of aliphatic hydroxyl groups excluding tert-OH is 1. The van der Waals surface area contributed by atoms with Crippen molar-refractivity contribution in [2.75, 3.05) is 6.61 Å². The summed E-state index contributed by atoms with van der Waals surface area (Å²) in [5, 5.41) is 25.6. The van der Waals surface area contributed by atoms with Gasteiger partial charge in [-0.2, -0.15) is 0 Å². The topological polar surface area (TPSA) is 200 Å². The number of hydrogen-bond acceptors (Lipinski definition) is 7. The number of rotatable bonds is 13. The molecule has 0 saturated heterocycles. The molecular formula is C20H34N6O6. The van der Waals surface area contributed by atoms with E-state index in [9.17, 15) is 19.2 Å². The van der Waals surface area contributed by atoms with Gasteiger partial charge in [0, 0.05) is 18.3 Å². The molecule has 4 atom stereocenters. The van der Waals surface area contributed by atoms with Crippen molar-refractivity contribution in [3.05, 3.63) is 18.2 Å². The van der Waals surface area contributed by atoms with Crippen LogP contribution in [-0.2, 0) is 25.6 Å². The van der Waals surface area contributed by atoms with Gasteiger partial charge in [-0.3, -0.25) is 14.4 Å². The van der Waals surface area contributed by atoms with Crippen LogP contribution < -0.4 is 21.7 Å². The molecule has 0 aliphatic carbocycles. The summed E-state index contributed by atoms with van der Waals surface area (Å²) in [6, 6.07) is -4.46. The molecule has 0 aliphatic rings. The number of hydrogen-bond donors (Lipinski definition) is 7. The van der Waals surface area contributed by atoms with Gasteiger partial charge in [0.2, 0.25) is 17.7 Å². The van der Waals surface area contributed by atoms with Gasteiger partial charge in [-0.1, -0.05) is 27.7 Å². The van der Waals surface area contributed by atoms with Crippen molar-refractivity contribution >= 4 is 23.7 Å². The van der Waals surface area contributed by atoms with E-state index in [0.717, 1.165) is 0 Å². The lowest BCUT2D eigenvalue weighted by atomic mass is 10.0. The highest BCUT2D eigenvalue weighted by Gasteiger charge is 2.32. The maximum Gasteiger partial charge on any atom is 0.328 e. The molecule has 0 spiro atoms. The number of amides is 3. The molecule has 0 fully saturated rings. The third kappa shape index (κ3) is 8.63. The van der Waals surface area contributed by atoms with E-state index in [0.29, 0.717) is 12.1 Å². The molecule has 1 rings (SSSR count).